The Morgan fingerprint density at radius 2 is 1.00 bits per heavy atom. The van der Waals surface area contributed by atoms with Crippen LogP contribution in [0.25, 0.3) is 22.0 Å². The molecule has 5 aromatic rings. The number of rotatable bonds is 4. The molecule has 0 bridgehead atoms. The van der Waals surface area contributed by atoms with E-state index in [-0.39, 0.29) is 0 Å². The first-order chi connectivity index (χ1) is 14.4. The number of benzene rings is 4. The Bertz CT molecular complexity index is 1190. The highest BCUT2D eigenvalue weighted by molar-refractivity contribution is 7.79. The predicted octanol–water partition coefficient (Wildman–Crippen LogP) is 5.66. The molecule has 1 nitrogen and oxygen atoms in total. The third-order valence-corrected chi connectivity index (χ3v) is 7.52. The molecule has 4 aromatic carbocycles. The van der Waals surface area contributed by atoms with Crippen LogP contribution < -0.4 is 15.9 Å². The van der Waals surface area contributed by atoms with Crippen LogP contribution in [-0.4, -0.2) is 4.98 Å². The van der Waals surface area contributed by atoms with Gasteiger partial charge in [-0.25, -0.2) is 0 Å². The van der Waals surface area contributed by atoms with Crippen LogP contribution in [0.4, 0.5) is 0 Å². The van der Waals surface area contributed by atoms with Gasteiger partial charge >= 0.3 is 0 Å². The van der Waals surface area contributed by atoms with Gasteiger partial charge in [0.2, 0.25) is 0 Å². The van der Waals surface area contributed by atoms with Crippen LogP contribution in [0.5, 0.6) is 0 Å². The molecule has 0 unspecified atom stereocenters. The largest absolute Gasteiger partial charge is 0.256 e. The molecule has 2 heteroatoms. The van der Waals surface area contributed by atoms with E-state index < -0.39 is 7.92 Å². The zero-order valence-corrected chi connectivity index (χ0v) is 16.8. The van der Waals surface area contributed by atoms with E-state index in [4.69, 9.17) is 0 Å². The zero-order valence-electron chi connectivity index (χ0n) is 15.9. The summed E-state index contributed by atoms with van der Waals surface area (Å²) < 4.78 is 0. The van der Waals surface area contributed by atoms with Crippen molar-refractivity contribution in [2.75, 3.05) is 0 Å². The minimum absolute atomic E-state index is 0.576. The molecule has 0 saturated heterocycles. The summed E-state index contributed by atoms with van der Waals surface area (Å²) in [6.07, 6.45) is 1.96. The molecule has 1 aromatic heterocycles. The molecule has 0 spiro atoms. The maximum Gasteiger partial charge on any atom is 0.0708 e. The van der Waals surface area contributed by atoms with Gasteiger partial charge in [0.25, 0.3) is 0 Å². The topological polar surface area (TPSA) is 12.9 Å². The lowest BCUT2D eigenvalue weighted by Gasteiger charge is -2.19. The van der Waals surface area contributed by atoms with Crippen molar-refractivity contribution in [1.82, 2.24) is 4.98 Å². The first-order valence-corrected chi connectivity index (χ1v) is 11.1. The number of aromatic nitrogens is 1. The van der Waals surface area contributed by atoms with Crippen molar-refractivity contribution in [1.29, 1.82) is 0 Å². The summed E-state index contributed by atoms with van der Waals surface area (Å²) in [4.78, 5) is 4.67. The fraction of sp³-hybridized carbons (Fsp3) is 0. The van der Waals surface area contributed by atoms with Gasteiger partial charge in [-0.3, -0.25) is 4.98 Å². The number of fused-ring (bicyclic) bond motifs is 1. The average Bonchev–Trinajstić information content (AvgIpc) is 2.81. The summed E-state index contributed by atoms with van der Waals surface area (Å²) in [5.41, 5.74) is 2.16. The first kappa shape index (κ1) is 17.8. The molecule has 1 heterocycles. The smallest absolute Gasteiger partial charge is 0.0708 e. The van der Waals surface area contributed by atoms with Gasteiger partial charge < -0.3 is 0 Å². The molecular formula is C27H20NP. The standard InChI is InChI=1S/C27H20NP/c1-3-11-24(12-4-1)29(25-13-5-2-6-14-25)26-17-15-21(16-18-26)27-19-22-9-7-8-10-23(22)20-28-27/h1-20H. The second-order valence-electron chi connectivity index (χ2n) is 6.97. The first-order valence-electron chi connectivity index (χ1n) is 9.74. The Kier molecular flexibility index (Phi) is 4.90. The normalized spacial score (nSPS) is 11.1. The zero-order chi connectivity index (χ0) is 19.5. The molecular weight excluding hydrogens is 369 g/mol. The molecule has 138 valence electrons. The van der Waals surface area contributed by atoms with E-state index in [1.165, 1.54) is 26.7 Å². The maximum atomic E-state index is 4.67. The second kappa shape index (κ2) is 7.99. The van der Waals surface area contributed by atoms with Crippen molar-refractivity contribution < 1.29 is 0 Å². The van der Waals surface area contributed by atoms with Gasteiger partial charge in [-0.15, -0.1) is 0 Å². The van der Waals surface area contributed by atoms with Crippen LogP contribution in [0.2, 0.25) is 0 Å². The van der Waals surface area contributed by atoms with Crippen LogP contribution in [-0.2, 0) is 0 Å². The molecule has 0 atom stereocenters. The highest BCUT2D eigenvalue weighted by Crippen LogP contribution is 2.33. The lowest BCUT2D eigenvalue weighted by Crippen LogP contribution is -2.20. The van der Waals surface area contributed by atoms with Crippen molar-refractivity contribution in [3.63, 3.8) is 0 Å². The molecule has 0 radical (unpaired) electrons. The van der Waals surface area contributed by atoms with Crippen molar-refractivity contribution in [2.24, 2.45) is 0 Å². The van der Waals surface area contributed by atoms with Crippen molar-refractivity contribution >= 4 is 34.6 Å². The third-order valence-electron chi connectivity index (χ3n) is 5.08. The molecule has 0 aliphatic heterocycles. The average molecular weight is 389 g/mol. The monoisotopic (exact) mass is 389 g/mol. The van der Waals surface area contributed by atoms with E-state index in [0.717, 1.165) is 11.3 Å². The molecule has 0 aliphatic rings. The minimum atomic E-state index is -0.576. The minimum Gasteiger partial charge on any atom is -0.256 e. The van der Waals surface area contributed by atoms with Gasteiger partial charge in [-0.2, -0.15) is 0 Å². The second-order valence-corrected chi connectivity index (χ2v) is 9.19. The third kappa shape index (κ3) is 3.70. The number of nitrogens with zero attached hydrogens (tertiary/aromatic N) is 1. The summed E-state index contributed by atoms with van der Waals surface area (Å²) >= 11 is 0. The highest BCUT2D eigenvalue weighted by Gasteiger charge is 2.16. The van der Waals surface area contributed by atoms with Crippen molar-refractivity contribution in [3.05, 3.63) is 121 Å². The van der Waals surface area contributed by atoms with Crippen LogP contribution in [0.1, 0.15) is 0 Å². The Hall–Kier alpha value is -3.28. The van der Waals surface area contributed by atoms with Gasteiger partial charge in [-0.05, 0) is 35.3 Å². The SMILES string of the molecule is c1ccc(P(c2ccccc2)c2ccc(-c3cc4ccccc4cn3)cc2)cc1. The predicted molar refractivity (Wildman–Crippen MR) is 126 cm³/mol. The van der Waals surface area contributed by atoms with Crippen LogP contribution in [0, 0.1) is 0 Å². The van der Waals surface area contributed by atoms with Crippen LogP contribution in [0.3, 0.4) is 0 Å². The van der Waals surface area contributed by atoms with Crippen LogP contribution in [0.15, 0.2) is 121 Å². The quantitative estimate of drug-likeness (QED) is 0.362. The van der Waals surface area contributed by atoms with Gasteiger partial charge in [0.15, 0.2) is 0 Å². The molecule has 0 amide bonds. The molecule has 0 aliphatic carbocycles. The fourth-order valence-electron chi connectivity index (χ4n) is 3.62. The van der Waals surface area contributed by atoms with E-state index in [2.05, 4.69) is 114 Å². The Morgan fingerprint density at radius 3 is 1.62 bits per heavy atom. The summed E-state index contributed by atoms with van der Waals surface area (Å²) in [6, 6.07) is 41.1. The Labute approximate surface area is 172 Å². The summed E-state index contributed by atoms with van der Waals surface area (Å²) in [6.45, 7) is 0. The lowest BCUT2D eigenvalue weighted by atomic mass is 10.1. The summed E-state index contributed by atoms with van der Waals surface area (Å²) in [5.74, 6) is 0. The lowest BCUT2D eigenvalue weighted by molar-refractivity contribution is 1.36. The van der Waals surface area contributed by atoms with E-state index in [9.17, 15) is 0 Å². The molecule has 5 rings (SSSR count). The van der Waals surface area contributed by atoms with Crippen LogP contribution >= 0.6 is 7.92 Å². The van der Waals surface area contributed by atoms with E-state index in [1.54, 1.807) is 0 Å². The Morgan fingerprint density at radius 1 is 0.483 bits per heavy atom. The number of hydrogen-bond acceptors (Lipinski definition) is 1. The van der Waals surface area contributed by atoms with Gasteiger partial charge in [0.1, 0.15) is 0 Å². The summed E-state index contributed by atoms with van der Waals surface area (Å²) in [5, 5.41) is 6.47. The maximum absolute atomic E-state index is 4.67. The van der Waals surface area contributed by atoms with E-state index in [1.807, 2.05) is 12.3 Å². The van der Waals surface area contributed by atoms with Crippen molar-refractivity contribution in [3.8, 4) is 11.3 Å². The number of hydrogen-bond donors (Lipinski definition) is 0. The molecule has 29 heavy (non-hydrogen) atoms. The van der Waals surface area contributed by atoms with E-state index >= 15 is 0 Å². The molecule has 0 N–H and O–H groups in total. The van der Waals surface area contributed by atoms with Gasteiger partial charge in [-0.1, -0.05) is 109 Å². The highest BCUT2D eigenvalue weighted by atomic mass is 31.1. The molecule has 0 saturated carbocycles. The van der Waals surface area contributed by atoms with Gasteiger partial charge in [0.05, 0.1) is 5.69 Å². The number of pyridine rings is 1. The van der Waals surface area contributed by atoms with Gasteiger partial charge in [0, 0.05) is 17.1 Å². The summed E-state index contributed by atoms with van der Waals surface area (Å²) in [7, 11) is -0.576. The Balaban J connectivity index is 1.54. The van der Waals surface area contributed by atoms with Crippen molar-refractivity contribution in [2.45, 2.75) is 0 Å². The fourth-order valence-corrected chi connectivity index (χ4v) is 5.91. The molecule has 0 fully saturated rings. The van der Waals surface area contributed by atoms with E-state index in [0.29, 0.717) is 0 Å².